The van der Waals surface area contributed by atoms with Crippen molar-refractivity contribution in [3.63, 3.8) is 0 Å². The number of sulfone groups is 1. The standard InChI is InChI=1S/C15H18N2O4S2/c1-17-11-8-23(19,20)9-13(11)22-15(17)16-14(18)7-10-5-3-4-6-12(10)21-2/h3-6,11,13H,7-9H2,1-2H3/t11-,13+/m1/s1. The predicted molar refractivity (Wildman–Crippen MR) is 90.7 cm³/mol. The van der Waals surface area contributed by atoms with Crippen LogP contribution in [0.25, 0.3) is 0 Å². The number of hydrogen-bond donors (Lipinski definition) is 0. The summed E-state index contributed by atoms with van der Waals surface area (Å²) in [7, 11) is 0.399. The van der Waals surface area contributed by atoms with Crippen molar-refractivity contribution in [1.82, 2.24) is 4.90 Å². The molecule has 2 aliphatic heterocycles. The number of para-hydroxylation sites is 1. The summed E-state index contributed by atoms with van der Waals surface area (Å²) in [6.07, 6.45) is 0.162. The lowest BCUT2D eigenvalue weighted by Gasteiger charge is -2.17. The summed E-state index contributed by atoms with van der Waals surface area (Å²) in [6, 6.07) is 7.26. The zero-order valence-corrected chi connectivity index (χ0v) is 14.6. The Balaban J connectivity index is 1.72. The Morgan fingerprint density at radius 2 is 2.13 bits per heavy atom. The Kier molecular flexibility index (Phi) is 4.37. The molecule has 0 aromatic heterocycles. The van der Waals surface area contributed by atoms with E-state index in [0.717, 1.165) is 5.56 Å². The normalized spacial score (nSPS) is 27.2. The van der Waals surface area contributed by atoms with Crippen LogP contribution in [0, 0.1) is 0 Å². The predicted octanol–water partition coefficient (Wildman–Crippen LogP) is 0.964. The molecular weight excluding hydrogens is 336 g/mol. The summed E-state index contributed by atoms with van der Waals surface area (Å²) in [5.41, 5.74) is 0.790. The van der Waals surface area contributed by atoms with Crippen molar-refractivity contribution in [2.45, 2.75) is 17.7 Å². The van der Waals surface area contributed by atoms with Gasteiger partial charge >= 0.3 is 0 Å². The van der Waals surface area contributed by atoms with Crippen LogP contribution in [0.3, 0.4) is 0 Å². The summed E-state index contributed by atoms with van der Waals surface area (Å²) in [6.45, 7) is 0. The van der Waals surface area contributed by atoms with Crippen LogP contribution in [-0.4, -0.2) is 61.3 Å². The van der Waals surface area contributed by atoms with Gasteiger partial charge in [0.25, 0.3) is 5.91 Å². The lowest BCUT2D eigenvalue weighted by Crippen LogP contribution is -2.34. The molecule has 2 heterocycles. The van der Waals surface area contributed by atoms with Gasteiger partial charge in [-0.2, -0.15) is 4.99 Å². The molecule has 0 spiro atoms. The van der Waals surface area contributed by atoms with Crippen molar-refractivity contribution in [3.05, 3.63) is 29.8 Å². The van der Waals surface area contributed by atoms with Gasteiger partial charge in [-0.05, 0) is 6.07 Å². The van der Waals surface area contributed by atoms with Crippen molar-refractivity contribution < 1.29 is 17.9 Å². The maximum Gasteiger partial charge on any atom is 0.252 e. The molecule has 1 aromatic rings. The molecule has 8 heteroatoms. The number of benzene rings is 1. The second-order valence-corrected chi connectivity index (χ2v) is 9.05. The van der Waals surface area contributed by atoms with Gasteiger partial charge in [-0.15, -0.1) is 0 Å². The molecule has 3 rings (SSSR count). The average Bonchev–Trinajstić information content (AvgIpc) is 2.93. The maximum atomic E-state index is 12.2. The van der Waals surface area contributed by atoms with E-state index in [9.17, 15) is 13.2 Å². The second-order valence-electron chi connectivity index (χ2n) is 5.69. The van der Waals surface area contributed by atoms with E-state index >= 15 is 0 Å². The Bertz CT molecular complexity index is 760. The lowest BCUT2D eigenvalue weighted by molar-refractivity contribution is -0.117. The third-order valence-corrected chi connectivity index (χ3v) is 7.38. The molecule has 1 amide bonds. The van der Waals surface area contributed by atoms with E-state index in [0.29, 0.717) is 10.9 Å². The first-order valence-electron chi connectivity index (χ1n) is 7.23. The molecule has 2 fully saturated rings. The number of amidine groups is 1. The van der Waals surface area contributed by atoms with Gasteiger partial charge in [-0.1, -0.05) is 30.0 Å². The fraction of sp³-hybridized carbons (Fsp3) is 0.467. The zero-order chi connectivity index (χ0) is 16.6. The Hall–Kier alpha value is -1.54. The molecule has 2 atom stereocenters. The number of fused-ring (bicyclic) bond motifs is 1. The molecular formula is C15H18N2O4S2. The molecule has 0 radical (unpaired) electrons. The molecule has 0 bridgehead atoms. The maximum absolute atomic E-state index is 12.2. The van der Waals surface area contributed by atoms with Gasteiger partial charge in [0.05, 0.1) is 31.1 Å². The van der Waals surface area contributed by atoms with Crippen LogP contribution in [-0.2, 0) is 21.1 Å². The number of carbonyl (C=O) groups excluding carboxylic acids is 1. The van der Waals surface area contributed by atoms with E-state index in [2.05, 4.69) is 4.99 Å². The molecule has 124 valence electrons. The third-order valence-electron chi connectivity index (χ3n) is 4.08. The number of hydrogen-bond acceptors (Lipinski definition) is 5. The summed E-state index contributed by atoms with van der Waals surface area (Å²) >= 11 is 1.39. The summed E-state index contributed by atoms with van der Waals surface area (Å²) in [4.78, 5) is 18.2. The number of nitrogens with zero attached hydrogens (tertiary/aromatic N) is 2. The monoisotopic (exact) mass is 354 g/mol. The van der Waals surface area contributed by atoms with E-state index in [1.54, 1.807) is 20.2 Å². The van der Waals surface area contributed by atoms with Crippen molar-refractivity contribution >= 4 is 32.7 Å². The topological polar surface area (TPSA) is 76.0 Å². The minimum Gasteiger partial charge on any atom is -0.496 e. The van der Waals surface area contributed by atoms with Gasteiger partial charge in [0, 0.05) is 17.9 Å². The van der Waals surface area contributed by atoms with Crippen LogP contribution in [0.1, 0.15) is 5.56 Å². The fourth-order valence-corrected chi connectivity index (χ4v) is 6.91. The van der Waals surface area contributed by atoms with E-state index in [1.165, 1.54) is 11.8 Å². The van der Waals surface area contributed by atoms with Crippen LogP contribution >= 0.6 is 11.8 Å². The number of amides is 1. The summed E-state index contributed by atoms with van der Waals surface area (Å²) in [5, 5.41) is 0.581. The Labute approximate surface area is 139 Å². The molecule has 0 saturated carbocycles. The van der Waals surface area contributed by atoms with Gasteiger partial charge < -0.3 is 9.64 Å². The van der Waals surface area contributed by atoms with Crippen LogP contribution < -0.4 is 4.74 Å². The van der Waals surface area contributed by atoms with Crippen molar-refractivity contribution in [2.75, 3.05) is 25.7 Å². The van der Waals surface area contributed by atoms with Crippen molar-refractivity contribution in [2.24, 2.45) is 4.99 Å². The number of methoxy groups -OCH3 is 1. The molecule has 1 aromatic carbocycles. The van der Waals surface area contributed by atoms with Crippen LogP contribution in [0.15, 0.2) is 29.3 Å². The van der Waals surface area contributed by atoms with E-state index in [-0.39, 0.29) is 35.1 Å². The Morgan fingerprint density at radius 1 is 1.39 bits per heavy atom. The fourth-order valence-electron chi connectivity index (χ4n) is 2.89. The molecule has 2 saturated heterocycles. The van der Waals surface area contributed by atoms with Gasteiger partial charge in [-0.25, -0.2) is 8.42 Å². The van der Waals surface area contributed by atoms with Gasteiger partial charge in [-0.3, -0.25) is 4.79 Å². The van der Waals surface area contributed by atoms with Crippen LogP contribution in [0.2, 0.25) is 0 Å². The summed E-state index contributed by atoms with van der Waals surface area (Å²) < 4.78 is 28.6. The Morgan fingerprint density at radius 3 is 2.83 bits per heavy atom. The zero-order valence-electron chi connectivity index (χ0n) is 12.9. The number of aliphatic imine (C=N–C) groups is 1. The molecule has 2 aliphatic rings. The highest BCUT2D eigenvalue weighted by molar-refractivity contribution is 8.15. The minimum absolute atomic E-state index is 0.0252. The van der Waals surface area contributed by atoms with E-state index in [1.807, 2.05) is 23.1 Å². The first kappa shape index (κ1) is 16.3. The lowest BCUT2D eigenvalue weighted by atomic mass is 10.1. The van der Waals surface area contributed by atoms with Crippen LogP contribution in [0.4, 0.5) is 0 Å². The highest BCUT2D eigenvalue weighted by Gasteiger charge is 2.47. The highest BCUT2D eigenvalue weighted by Crippen LogP contribution is 2.37. The first-order valence-corrected chi connectivity index (χ1v) is 9.93. The SMILES string of the molecule is COc1ccccc1CC(=O)N=C1S[C@H]2CS(=O)(=O)C[C@H]2N1C. The molecule has 0 aliphatic carbocycles. The number of thioether (sulfide) groups is 1. The molecule has 23 heavy (non-hydrogen) atoms. The number of ether oxygens (including phenoxy) is 1. The van der Waals surface area contributed by atoms with Gasteiger partial charge in [0.2, 0.25) is 0 Å². The number of carbonyl (C=O) groups is 1. The third kappa shape index (κ3) is 3.37. The van der Waals surface area contributed by atoms with Crippen molar-refractivity contribution in [3.8, 4) is 5.75 Å². The summed E-state index contributed by atoms with van der Waals surface area (Å²) in [5.74, 6) is 0.705. The van der Waals surface area contributed by atoms with E-state index in [4.69, 9.17) is 4.74 Å². The average molecular weight is 354 g/mol. The quantitative estimate of drug-likeness (QED) is 0.805. The number of rotatable bonds is 3. The molecule has 0 unspecified atom stereocenters. The smallest absolute Gasteiger partial charge is 0.252 e. The van der Waals surface area contributed by atoms with Crippen LogP contribution in [0.5, 0.6) is 5.75 Å². The van der Waals surface area contributed by atoms with Crippen molar-refractivity contribution in [1.29, 1.82) is 0 Å². The largest absolute Gasteiger partial charge is 0.496 e. The van der Waals surface area contributed by atoms with E-state index < -0.39 is 9.84 Å². The van der Waals surface area contributed by atoms with Gasteiger partial charge in [0.15, 0.2) is 15.0 Å². The highest BCUT2D eigenvalue weighted by atomic mass is 32.2. The first-order chi connectivity index (χ1) is 10.9. The van der Waals surface area contributed by atoms with Gasteiger partial charge in [0.1, 0.15) is 5.75 Å². The molecule has 0 N–H and O–H groups in total. The second kappa shape index (κ2) is 6.16. The minimum atomic E-state index is -2.97. The molecule has 6 nitrogen and oxygen atoms in total.